The first-order chi connectivity index (χ1) is 18.8. The molecule has 3 amide bonds. The third kappa shape index (κ3) is 6.12. The van der Waals surface area contributed by atoms with Crippen molar-refractivity contribution in [2.45, 2.75) is 37.2 Å². The molecular weight excluding hydrogens is 518 g/mol. The van der Waals surface area contributed by atoms with Crippen LogP contribution in [0.1, 0.15) is 34.8 Å². The monoisotopic (exact) mass is 549 g/mol. The van der Waals surface area contributed by atoms with Crippen molar-refractivity contribution in [1.29, 1.82) is 0 Å². The van der Waals surface area contributed by atoms with Crippen LogP contribution in [0.15, 0.2) is 83.8 Å². The first-order valence-electron chi connectivity index (χ1n) is 12.7. The molecule has 3 aromatic carbocycles. The van der Waals surface area contributed by atoms with Crippen molar-refractivity contribution in [3.8, 4) is 5.75 Å². The lowest BCUT2D eigenvalue weighted by Gasteiger charge is -2.32. The van der Waals surface area contributed by atoms with Gasteiger partial charge in [0.05, 0.1) is 12.7 Å². The summed E-state index contributed by atoms with van der Waals surface area (Å²) in [4.78, 5) is 41.3. The topological polar surface area (TPSA) is 113 Å². The second-order valence-corrected chi connectivity index (χ2v) is 10.9. The number of amides is 3. The van der Waals surface area contributed by atoms with Crippen molar-refractivity contribution >= 4 is 27.7 Å². The number of sulfonamides is 1. The fraction of sp³-hybridized carbons (Fsp3) is 0.276. The fourth-order valence-corrected chi connectivity index (χ4v) is 6.18. The largest absolute Gasteiger partial charge is 0.497 e. The lowest BCUT2D eigenvalue weighted by molar-refractivity contribution is -0.141. The number of nitrogens with zero attached hydrogens (tertiary/aromatic N) is 2. The van der Waals surface area contributed by atoms with Gasteiger partial charge in [0.25, 0.3) is 15.9 Å². The van der Waals surface area contributed by atoms with Crippen LogP contribution >= 0.6 is 0 Å². The Morgan fingerprint density at radius 3 is 2.36 bits per heavy atom. The number of ether oxygens (including phenoxy) is 1. The zero-order chi connectivity index (χ0) is 28.0. The molecule has 10 heteroatoms. The van der Waals surface area contributed by atoms with Gasteiger partial charge < -0.3 is 15.0 Å². The summed E-state index contributed by atoms with van der Waals surface area (Å²) in [5.74, 6) is -0.842. The van der Waals surface area contributed by atoms with Crippen LogP contribution in [0.3, 0.4) is 0 Å². The highest BCUT2D eigenvalue weighted by molar-refractivity contribution is 7.90. The van der Waals surface area contributed by atoms with Crippen LogP contribution in [-0.4, -0.2) is 61.6 Å². The van der Waals surface area contributed by atoms with Crippen LogP contribution in [0.2, 0.25) is 0 Å². The minimum absolute atomic E-state index is 0.0695. The molecular formula is C29H31N3O6S. The number of hydrogen-bond donors (Lipinski definition) is 1. The van der Waals surface area contributed by atoms with E-state index in [0.717, 1.165) is 15.4 Å². The number of likely N-dealkylation sites (N-methyl/N-ethyl adjacent to an activating group) is 1. The predicted molar refractivity (Wildman–Crippen MR) is 145 cm³/mol. The minimum Gasteiger partial charge on any atom is -0.497 e. The Morgan fingerprint density at radius 1 is 0.974 bits per heavy atom. The Hall–Kier alpha value is -4.18. The lowest BCUT2D eigenvalue weighted by atomic mass is 10.0. The molecule has 0 saturated carbocycles. The summed E-state index contributed by atoms with van der Waals surface area (Å²) in [7, 11) is -2.52. The predicted octanol–water partition coefficient (Wildman–Crippen LogP) is 3.01. The molecule has 1 N–H and O–H groups in total. The van der Waals surface area contributed by atoms with Gasteiger partial charge in [0, 0.05) is 32.5 Å². The zero-order valence-electron chi connectivity index (χ0n) is 21.9. The Morgan fingerprint density at radius 2 is 1.67 bits per heavy atom. The SMILES string of the molecule is CCNC(=O)[C@@H](Cc1ccccc1)N(Cc1cccc(OC)c1)C(=O)CCN1C(=O)c2ccccc2S1(=O)=O. The van der Waals surface area contributed by atoms with Gasteiger partial charge in [-0.15, -0.1) is 0 Å². The first kappa shape index (κ1) is 27.8. The van der Waals surface area contributed by atoms with Gasteiger partial charge in [-0.05, 0) is 42.3 Å². The van der Waals surface area contributed by atoms with Crippen LogP contribution in [0.25, 0.3) is 0 Å². The summed E-state index contributed by atoms with van der Waals surface area (Å²) in [5.41, 5.74) is 1.69. The maximum absolute atomic E-state index is 13.8. The molecule has 9 nitrogen and oxygen atoms in total. The zero-order valence-corrected chi connectivity index (χ0v) is 22.7. The molecule has 0 bridgehead atoms. The van der Waals surface area contributed by atoms with Crippen LogP contribution in [0, 0.1) is 0 Å². The van der Waals surface area contributed by atoms with Crippen LogP contribution in [-0.2, 0) is 32.6 Å². The molecule has 0 spiro atoms. The van der Waals surface area contributed by atoms with E-state index in [-0.39, 0.29) is 42.3 Å². The maximum Gasteiger partial charge on any atom is 0.269 e. The van der Waals surface area contributed by atoms with Crippen molar-refractivity contribution in [2.24, 2.45) is 0 Å². The summed E-state index contributed by atoms with van der Waals surface area (Å²) in [5, 5.41) is 2.82. The molecule has 1 aliphatic heterocycles. The van der Waals surface area contributed by atoms with Gasteiger partial charge in [0.15, 0.2) is 0 Å². The summed E-state index contributed by atoms with van der Waals surface area (Å²) < 4.78 is 32.1. The molecule has 0 radical (unpaired) electrons. The Labute approximate surface area is 228 Å². The Kier molecular flexibility index (Phi) is 8.65. The molecule has 0 aromatic heterocycles. The number of rotatable bonds is 11. The minimum atomic E-state index is -4.06. The molecule has 1 heterocycles. The number of benzene rings is 3. The van der Waals surface area contributed by atoms with Gasteiger partial charge in [0.1, 0.15) is 16.7 Å². The lowest BCUT2D eigenvalue weighted by Crippen LogP contribution is -2.51. The summed E-state index contributed by atoms with van der Waals surface area (Å²) in [6.07, 6.45) is -0.0254. The van der Waals surface area contributed by atoms with Crippen LogP contribution in [0.5, 0.6) is 5.75 Å². The highest BCUT2D eigenvalue weighted by Crippen LogP contribution is 2.30. The molecule has 39 heavy (non-hydrogen) atoms. The van der Waals surface area contributed by atoms with E-state index in [4.69, 9.17) is 4.74 Å². The third-order valence-corrected chi connectivity index (χ3v) is 8.39. The van der Waals surface area contributed by atoms with Crippen LogP contribution in [0.4, 0.5) is 0 Å². The summed E-state index contributed by atoms with van der Waals surface area (Å²) >= 11 is 0. The molecule has 1 aliphatic rings. The average molecular weight is 550 g/mol. The van der Waals surface area contributed by atoms with Crippen molar-refractivity contribution < 1.29 is 27.5 Å². The average Bonchev–Trinajstić information content (AvgIpc) is 3.14. The van der Waals surface area contributed by atoms with Gasteiger partial charge in [-0.1, -0.05) is 54.6 Å². The molecule has 204 valence electrons. The maximum atomic E-state index is 13.8. The molecule has 1 atom stereocenters. The number of hydrogen-bond acceptors (Lipinski definition) is 6. The van der Waals surface area contributed by atoms with Crippen molar-refractivity contribution in [3.63, 3.8) is 0 Å². The van der Waals surface area contributed by atoms with E-state index >= 15 is 0 Å². The van der Waals surface area contributed by atoms with Gasteiger partial charge >= 0.3 is 0 Å². The van der Waals surface area contributed by atoms with Gasteiger partial charge in [-0.3, -0.25) is 14.4 Å². The molecule has 3 aromatic rings. The second-order valence-electron chi connectivity index (χ2n) is 9.10. The molecule has 0 saturated heterocycles. The Balaban J connectivity index is 1.63. The van der Waals surface area contributed by atoms with Crippen molar-refractivity contribution in [1.82, 2.24) is 14.5 Å². The second kappa shape index (κ2) is 12.1. The quantitative estimate of drug-likeness (QED) is 0.394. The van der Waals surface area contributed by atoms with E-state index in [0.29, 0.717) is 12.3 Å². The highest BCUT2D eigenvalue weighted by atomic mass is 32.2. The van der Waals surface area contributed by atoms with Crippen molar-refractivity contribution in [2.75, 3.05) is 20.2 Å². The van der Waals surface area contributed by atoms with Gasteiger partial charge in [0.2, 0.25) is 11.8 Å². The molecule has 0 unspecified atom stereocenters. The van der Waals surface area contributed by atoms with Crippen LogP contribution < -0.4 is 10.1 Å². The number of methoxy groups -OCH3 is 1. The third-order valence-electron chi connectivity index (χ3n) is 6.55. The Bertz CT molecular complexity index is 1460. The number of fused-ring (bicyclic) bond motifs is 1. The summed E-state index contributed by atoms with van der Waals surface area (Å²) in [6.45, 7) is 1.93. The van der Waals surface area contributed by atoms with E-state index in [2.05, 4.69) is 5.32 Å². The smallest absolute Gasteiger partial charge is 0.269 e. The normalized spacial score (nSPS) is 14.4. The summed E-state index contributed by atoms with van der Waals surface area (Å²) in [6, 6.07) is 21.6. The first-order valence-corrected chi connectivity index (χ1v) is 14.1. The number of nitrogens with one attached hydrogen (secondary N) is 1. The standard InChI is InChI=1S/C29H31N3O6S/c1-3-30-28(34)25(19-21-10-5-4-6-11-21)31(20-22-12-9-13-23(18-22)38-2)27(33)16-17-32-29(35)24-14-7-8-15-26(24)39(32,36)37/h4-15,18,25H,3,16-17,19-20H2,1-2H3,(H,30,34)/t25-/m1/s1. The number of carbonyl (C=O) groups is 3. The van der Waals surface area contributed by atoms with E-state index < -0.39 is 27.9 Å². The van der Waals surface area contributed by atoms with E-state index in [1.54, 1.807) is 44.4 Å². The fourth-order valence-electron chi connectivity index (χ4n) is 4.61. The number of carbonyl (C=O) groups excluding carboxylic acids is 3. The highest BCUT2D eigenvalue weighted by Gasteiger charge is 2.41. The van der Waals surface area contributed by atoms with Crippen molar-refractivity contribution in [3.05, 3.63) is 95.6 Å². The van der Waals surface area contributed by atoms with Gasteiger partial charge in [-0.2, -0.15) is 0 Å². The molecule has 0 aliphatic carbocycles. The van der Waals surface area contributed by atoms with E-state index in [1.807, 2.05) is 36.4 Å². The van der Waals surface area contributed by atoms with E-state index in [1.165, 1.54) is 17.0 Å². The van der Waals surface area contributed by atoms with Gasteiger partial charge in [-0.25, -0.2) is 12.7 Å². The molecule has 0 fully saturated rings. The van der Waals surface area contributed by atoms with E-state index in [9.17, 15) is 22.8 Å². The molecule has 4 rings (SSSR count).